The second-order valence-electron chi connectivity index (χ2n) is 5.78. The molecule has 0 saturated carbocycles. The number of anilines is 1. The zero-order valence-corrected chi connectivity index (χ0v) is 12.0. The van der Waals surface area contributed by atoms with Crippen molar-refractivity contribution < 1.29 is 5.11 Å². The van der Waals surface area contributed by atoms with Crippen LogP contribution in [-0.4, -0.2) is 72.6 Å². The number of aliphatic hydroxyl groups excluding tert-OH is 1. The number of nitrogens with zero attached hydrogens (tertiary/aromatic N) is 3. The Balaban J connectivity index is 1.63. The van der Waals surface area contributed by atoms with Crippen LogP contribution in [0.4, 0.5) is 5.82 Å². The number of aliphatic hydroxyl groups is 1. The quantitative estimate of drug-likeness (QED) is 0.723. The first-order valence-electron chi connectivity index (χ1n) is 7.71. The summed E-state index contributed by atoms with van der Waals surface area (Å²) in [5.41, 5.74) is 1.25. The van der Waals surface area contributed by atoms with E-state index in [1.807, 2.05) is 0 Å². The first-order valence-corrected chi connectivity index (χ1v) is 7.71. The van der Waals surface area contributed by atoms with Gasteiger partial charge >= 0.3 is 0 Å². The van der Waals surface area contributed by atoms with Crippen LogP contribution in [0.15, 0.2) is 6.07 Å². The van der Waals surface area contributed by atoms with Crippen molar-refractivity contribution in [2.45, 2.75) is 18.8 Å². The Morgan fingerprint density at radius 3 is 2.95 bits per heavy atom. The van der Waals surface area contributed by atoms with Gasteiger partial charge in [0.1, 0.15) is 0 Å². The van der Waals surface area contributed by atoms with E-state index in [1.54, 1.807) is 0 Å². The maximum Gasteiger partial charge on any atom is 0.150 e. The summed E-state index contributed by atoms with van der Waals surface area (Å²) in [5.74, 6) is 1.61. The lowest BCUT2D eigenvalue weighted by Crippen LogP contribution is -2.43. The van der Waals surface area contributed by atoms with E-state index in [-0.39, 0.29) is 6.61 Å². The second kappa shape index (κ2) is 6.56. The molecule has 3 rings (SSSR count). The van der Waals surface area contributed by atoms with Crippen LogP contribution >= 0.6 is 0 Å². The zero-order valence-electron chi connectivity index (χ0n) is 12.0. The number of aromatic nitrogens is 2. The summed E-state index contributed by atoms with van der Waals surface area (Å²) in [6.07, 6.45) is 2.41. The summed E-state index contributed by atoms with van der Waals surface area (Å²) >= 11 is 0. The van der Waals surface area contributed by atoms with Gasteiger partial charge in [-0.3, -0.25) is 5.10 Å². The number of aromatic amines is 1. The number of piperidine rings is 1. The predicted molar refractivity (Wildman–Crippen MR) is 79.2 cm³/mol. The summed E-state index contributed by atoms with van der Waals surface area (Å²) < 4.78 is 0. The maximum absolute atomic E-state index is 9.08. The largest absolute Gasteiger partial charge is 0.395 e. The molecular weight excluding hydrogens is 254 g/mol. The lowest BCUT2D eigenvalue weighted by molar-refractivity contribution is 0.160. The van der Waals surface area contributed by atoms with E-state index in [0.29, 0.717) is 5.92 Å². The Morgan fingerprint density at radius 1 is 1.30 bits per heavy atom. The first kappa shape index (κ1) is 13.9. The molecule has 0 spiro atoms. The van der Waals surface area contributed by atoms with Crippen molar-refractivity contribution in [2.75, 3.05) is 57.3 Å². The van der Waals surface area contributed by atoms with Gasteiger partial charge in [0.2, 0.25) is 0 Å². The molecule has 2 aliphatic heterocycles. The van der Waals surface area contributed by atoms with Crippen molar-refractivity contribution in [3.63, 3.8) is 0 Å². The molecule has 1 atom stereocenters. The minimum Gasteiger partial charge on any atom is -0.395 e. The molecular formula is C14H25N5O. The number of nitrogens with one attached hydrogen (secondary N) is 2. The van der Waals surface area contributed by atoms with Crippen LogP contribution < -0.4 is 10.2 Å². The van der Waals surface area contributed by atoms with Gasteiger partial charge in [-0.2, -0.15) is 5.10 Å². The molecule has 3 N–H and O–H groups in total. The van der Waals surface area contributed by atoms with Crippen molar-refractivity contribution in [3.05, 3.63) is 11.8 Å². The molecule has 20 heavy (non-hydrogen) atoms. The lowest BCUT2D eigenvalue weighted by atomic mass is 9.95. The van der Waals surface area contributed by atoms with E-state index >= 15 is 0 Å². The molecule has 6 nitrogen and oxygen atoms in total. The van der Waals surface area contributed by atoms with E-state index < -0.39 is 0 Å². The highest BCUT2D eigenvalue weighted by molar-refractivity contribution is 5.40. The molecule has 0 radical (unpaired) electrons. The van der Waals surface area contributed by atoms with Crippen LogP contribution in [-0.2, 0) is 0 Å². The van der Waals surface area contributed by atoms with Gasteiger partial charge < -0.3 is 20.2 Å². The van der Waals surface area contributed by atoms with Gasteiger partial charge in [0, 0.05) is 56.9 Å². The molecule has 1 unspecified atom stereocenters. The van der Waals surface area contributed by atoms with Crippen molar-refractivity contribution in [3.8, 4) is 0 Å². The molecule has 0 amide bonds. The van der Waals surface area contributed by atoms with E-state index in [0.717, 1.165) is 51.6 Å². The van der Waals surface area contributed by atoms with E-state index in [1.165, 1.54) is 18.5 Å². The first-order chi connectivity index (χ1) is 9.86. The zero-order chi connectivity index (χ0) is 13.8. The van der Waals surface area contributed by atoms with E-state index in [4.69, 9.17) is 5.11 Å². The van der Waals surface area contributed by atoms with Crippen molar-refractivity contribution in [1.82, 2.24) is 20.4 Å². The topological polar surface area (TPSA) is 67.4 Å². The highest BCUT2D eigenvalue weighted by Gasteiger charge is 2.23. The number of hydrogen-bond donors (Lipinski definition) is 3. The lowest BCUT2D eigenvalue weighted by Gasteiger charge is -2.31. The van der Waals surface area contributed by atoms with Crippen LogP contribution in [0.25, 0.3) is 0 Å². The predicted octanol–water partition coefficient (Wildman–Crippen LogP) is -0.00900. The van der Waals surface area contributed by atoms with Crippen molar-refractivity contribution in [2.24, 2.45) is 0 Å². The molecule has 2 aliphatic rings. The fourth-order valence-corrected chi connectivity index (χ4v) is 3.24. The van der Waals surface area contributed by atoms with Crippen molar-refractivity contribution >= 4 is 5.82 Å². The van der Waals surface area contributed by atoms with Crippen LogP contribution in [0.1, 0.15) is 24.5 Å². The average molecular weight is 279 g/mol. The number of H-pyrrole nitrogens is 1. The molecule has 112 valence electrons. The summed E-state index contributed by atoms with van der Waals surface area (Å²) in [6.45, 7) is 7.32. The van der Waals surface area contributed by atoms with Crippen molar-refractivity contribution in [1.29, 1.82) is 0 Å². The fraction of sp³-hybridized carbons (Fsp3) is 0.786. The number of rotatable bonds is 4. The van der Waals surface area contributed by atoms with Crippen LogP contribution in [0.2, 0.25) is 0 Å². The minimum absolute atomic E-state index is 0.252. The second-order valence-corrected chi connectivity index (χ2v) is 5.78. The van der Waals surface area contributed by atoms with Crippen LogP contribution in [0, 0.1) is 0 Å². The third-order valence-electron chi connectivity index (χ3n) is 4.39. The Morgan fingerprint density at radius 2 is 2.15 bits per heavy atom. The normalized spacial score (nSPS) is 25.1. The van der Waals surface area contributed by atoms with Gasteiger partial charge in [-0.1, -0.05) is 0 Å². The minimum atomic E-state index is 0.252. The van der Waals surface area contributed by atoms with Crippen LogP contribution in [0.5, 0.6) is 0 Å². The molecule has 0 bridgehead atoms. The summed E-state index contributed by atoms with van der Waals surface area (Å²) in [4.78, 5) is 4.68. The smallest absolute Gasteiger partial charge is 0.150 e. The molecule has 0 aliphatic carbocycles. The summed E-state index contributed by atoms with van der Waals surface area (Å²) in [7, 11) is 0. The van der Waals surface area contributed by atoms with E-state index in [2.05, 4.69) is 31.4 Å². The van der Waals surface area contributed by atoms with Gasteiger partial charge in [0.25, 0.3) is 0 Å². The third kappa shape index (κ3) is 3.13. The average Bonchev–Trinajstić information content (AvgIpc) is 2.99. The van der Waals surface area contributed by atoms with Crippen LogP contribution in [0.3, 0.4) is 0 Å². The summed E-state index contributed by atoms with van der Waals surface area (Å²) in [6, 6.07) is 2.22. The molecule has 0 aromatic carbocycles. The fourth-order valence-electron chi connectivity index (χ4n) is 3.24. The number of piperazine rings is 1. The monoisotopic (exact) mass is 279 g/mol. The Hall–Kier alpha value is -1.11. The molecule has 2 fully saturated rings. The molecule has 1 aromatic rings. The van der Waals surface area contributed by atoms with E-state index in [9.17, 15) is 0 Å². The Bertz CT molecular complexity index is 413. The molecule has 6 heteroatoms. The standard InChI is InChI=1S/C14H25N5O/c20-9-8-18-5-1-2-12(11-18)13-10-14(17-16-13)19-6-3-15-4-7-19/h10,12,15,20H,1-9,11H2,(H,16,17). The SMILES string of the molecule is OCCN1CCCC(c2cc(N3CCNCC3)n[nH]2)C1. The highest BCUT2D eigenvalue weighted by atomic mass is 16.3. The van der Waals surface area contributed by atoms with Gasteiger partial charge in [0.05, 0.1) is 6.61 Å². The Kier molecular flexibility index (Phi) is 4.54. The molecule has 3 heterocycles. The number of β-amino-alcohol motifs (C(OH)–C–C–N with tert-alkyl or cyclic N) is 1. The highest BCUT2D eigenvalue weighted by Crippen LogP contribution is 2.27. The van der Waals surface area contributed by atoms with Gasteiger partial charge in [-0.15, -0.1) is 0 Å². The number of hydrogen-bond acceptors (Lipinski definition) is 5. The maximum atomic E-state index is 9.08. The van der Waals surface area contributed by atoms with Gasteiger partial charge in [-0.25, -0.2) is 0 Å². The molecule has 1 aromatic heterocycles. The number of likely N-dealkylation sites (tertiary alicyclic amines) is 1. The third-order valence-corrected chi connectivity index (χ3v) is 4.39. The Labute approximate surface area is 120 Å². The summed E-state index contributed by atoms with van der Waals surface area (Å²) in [5, 5.41) is 20.2. The van der Waals surface area contributed by atoms with Gasteiger partial charge in [0.15, 0.2) is 5.82 Å². The van der Waals surface area contributed by atoms with Gasteiger partial charge in [-0.05, 0) is 19.4 Å². The molecule has 2 saturated heterocycles.